The molecule has 0 aliphatic carbocycles. The zero-order valence-corrected chi connectivity index (χ0v) is 12.5. The SMILES string of the molecule is O=C1COc2ccc(C(=O)COc3ccc(F)cc3Cl)cc2N1. The van der Waals surface area contributed by atoms with Crippen molar-refractivity contribution in [2.75, 3.05) is 18.5 Å². The number of nitrogens with one attached hydrogen (secondary N) is 1. The van der Waals surface area contributed by atoms with Crippen LogP contribution in [0.2, 0.25) is 5.02 Å². The maximum Gasteiger partial charge on any atom is 0.262 e. The molecule has 1 aliphatic heterocycles. The summed E-state index contributed by atoms with van der Waals surface area (Å²) in [4.78, 5) is 23.5. The van der Waals surface area contributed by atoms with Crippen LogP contribution in [-0.4, -0.2) is 24.9 Å². The van der Waals surface area contributed by atoms with E-state index in [0.29, 0.717) is 17.0 Å². The highest BCUT2D eigenvalue weighted by Crippen LogP contribution is 2.29. The molecular formula is C16H11ClFNO4. The van der Waals surface area contributed by atoms with E-state index in [1.807, 2.05) is 0 Å². The molecule has 1 aliphatic rings. The van der Waals surface area contributed by atoms with Crippen molar-refractivity contribution in [3.05, 3.63) is 52.8 Å². The Morgan fingerprint density at radius 2 is 2.13 bits per heavy atom. The molecule has 5 nitrogen and oxygen atoms in total. The molecule has 0 radical (unpaired) electrons. The summed E-state index contributed by atoms with van der Waals surface area (Å²) in [7, 11) is 0. The second-order valence-corrected chi connectivity index (χ2v) is 5.24. The Balaban J connectivity index is 1.71. The van der Waals surface area contributed by atoms with Crippen molar-refractivity contribution in [2.45, 2.75) is 0 Å². The Morgan fingerprint density at radius 3 is 2.91 bits per heavy atom. The van der Waals surface area contributed by atoms with Crippen LogP contribution in [0.4, 0.5) is 10.1 Å². The van der Waals surface area contributed by atoms with Crippen molar-refractivity contribution < 1.29 is 23.5 Å². The second kappa shape index (κ2) is 6.26. The summed E-state index contributed by atoms with van der Waals surface area (Å²) in [6.07, 6.45) is 0. The van der Waals surface area contributed by atoms with Gasteiger partial charge in [0.05, 0.1) is 10.7 Å². The first-order chi connectivity index (χ1) is 11.0. The first kappa shape index (κ1) is 15.3. The number of hydrogen-bond donors (Lipinski definition) is 1. The highest BCUT2D eigenvalue weighted by Gasteiger charge is 2.18. The van der Waals surface area contributed by atoms with Gasteiger partial charge in [0.15, 0.2) is 19.0 Å². The van der Waals surface area contributed by atoms with Crippen LogP contribution in [0.25, 0.3) is 0 Å². The van der Waals surface area contributed by atoms with Crippen LogP contribution in [0.1, 0.15) is 10.4 Å². The van der Waals surface area contributed by atoms with Gasteiger partial charge in [-0.1, -0.05) is 11.6 Å². The van der Waals surface area contributed by atoms with Crippen LogP contribution in [0.3, 0.4) is 0 Å². The fourth-order valence-corrected chi connectivity index (χ4v) is 2.30. The Hall–Kier alpha value is -2.60. The van der Waals surface area contributed by atoms with Gasteiger partial charge in [-0.05, 0) is 36.4 Å². The zero-order valence-electron chi connectivity index (χ0n) is 11.8. The van der Waals surface area contributed by atoms with Gasteiger partial charge >= 0.3 is 0 Å². The van der Waals surface area contributed by atoms with Crippen molar-refractivity contribution in [3.8, 4) is 11.5 Å². The second-order valence-electron chi connectivity index (χ2n) is 4.83. The van der Waals surface area contributed by atoms with E-state index in [0.717, 1.165) is 6.07 Å². The molecule has 0 unspecified atom stereocenters. The minimum atomic E-state index is -0.487. The minimum absolute atomic E-state index is 0.0491. The lowest BCUT2D eigenvalue weighted by Gasteiger charge is -2.18. The molecule has 2 aromatic rings. The van der Waals surface area contributed by atoms with Gasteiger partial charge < -0.3 is 14.8 Å². The molecule has 23 heavy (non-hydrogen) atoms. The number of ketones is 1. The summed E-state index contributed by atoms with van der Waals surface area (Å²) in [5.41, 5.74) is 0.791. The molecule has 7 heteroatoms. The Bertz CT molecular complexity index is 794. The van der Waals surface area contributed by atoms with Crippen LogP contribution in [0, 0.1) is 5.82 Å². The Kier molecular flexibility index (Phi) is 4.16. The normalized spacial score (nSPS) is 12.9. The first-order valence-corrected chi connectivity index (χ1v) is 7.08. The van der Waals surface area contributed by atoms with Crippen LogP contribution in [-0.2, 0) is 4.79 Å². The highest BCUT2D eigenvalue weighted by molar-refractivity contribution is 6.32. The topological polar surface area (TPSA) is 64.6 Å². The molecule has 118 valence electrons. The molecule has 3 rings (SSSR count). The summed E-state index contributed by atoms with van der Waals surface area (Å²) in [5, 5.41) is 2.71. The third kappa shape index (κ3) is 3.43. The van der Waals surface area contributed by atoms with E-state index in [4.69, 9.17) is 21.1 Å². The number of amides is 1. The zero-order chi connectivity index (χ0) is 16.4. The fraction of sp³-hybridized carbons (Fsp3) is 0.125. The number of carbonyl (C=O) groups is 2. The van der Waals surface area contributed by atoms with Gasteiger partial charge in [-0.2, -0.15) is 0 Å². The monoisotopic (exact) mass is 335 g/mol. The van der Waals surface area contributed by atoms with Crippen LogP contribution >= 0.6 is 11.6 Å². The number of rotatable bonds is 4. The molecule has 2 aromatic carbocycles. The smallest absolute Gasteiger partial charge is 0.262 e. The van der Waals surface area contributed by atoms with Crippen molar-refractivity contribution in [3.63, 3.8) is 0 Å². The Labute approximate surface area is 136 Å². The van der Waals surface area contributed by atoms with E-state index < -0.39 is 5.82 Å². The maximum atomic E-state index is 13.0. The number of ether oxygens (including phenoxy) is 2. The van der Waals surface area contributed by atoms with Crippen molar-refractivity contribution in [1.82, 2.24) is 0 Å². The number of benzene rings is 2. The first-order valence-electron chi connectivity index (χ1n) is 6.70. The van der Waals surface area contributed by atoms with Gasteiger partial charge in [0.1, 0.15) is 17.3 Å². The van der Waals surface area contributed by atoms with Crippen molar-refractivity contribution in [1.29, 1.82) is 0 Å². The Morgan fingerprint density at radius 1 is 1.30 bits per heavy atom. The molecule has 1 amide bonds. The third-order valence-corrected chi connectivity index (χ3v) is 3.48. The largest absolute Gasteiger partial charge is 0.484 e. The molecular weight excluding hydrogens is 325 g/mol. The predicted molar refractivity (Wildman–Crippen MR) is 81.8 cm³/mol. The molecule has 0 spiro atoms. The molecule has 1 N–H and O–H groups in total. The number of fused-ring (bicyclic) bond motifs is 1. The van der Waals surface area contributed by atoms with E-state index in [2.05, 4.69) is 5.32 Å². The van der Waals surface area contributed by atoms with E-state index >= 15 is 0 Å². The van der Waals surface area contributed by atoms with Gasteiger partial charge in [0, 0.05) is 5.56 Å². The molecule has 0 aromatic heterocycles. The standard InChI is InChI=1S/C16H11ClFNO4/c17-11-6-10(18)2-4-14(11)22-7-13(20)9-1-3-15-12(5-9)19-16(21)8-23-15/h1-6H,7-8H2,(H,19,21). The minimum Gasteiger partial charge on any atom is -0.484 e. The summed E-state index contributed by atoms with van der Waals surface area (Å²) < 4.78 is 23.5. The van der Waals surface area contributed by atoms with E-state index in [-0.39, 0.29) is 35.7 Å². The molecule has 0 atom stereocenters. The molecule has 0 fully saturated rings. The van der Waals surface area contributed by atoms with Gasteiger partial charge in [-0.3, -0.25) is 9.59 Å². The van der Waals surface area contributed by atoms with Crippen LogP contribution < -0.4 is 14.8 Å². The number of anilines is 1. The van der Waals surface area contributed by atoms with E-state index in [1.165, 1.54) is 18.2 Å². The number of halogens is 2. The van der Waals surface area contributed by atoms with Crippen LogP contribution in [0.5, 0.6) is 11.5 Å². The summed E-state index contributed by atoms with van der Waals surface area (Å²) in [5.74, 6) is -0.358. The van der Waals surface area contributed by atoms with Crippen molar-refractivity contribution in [2.24, 2.45) is 0 Å². The number of carbonyl (C=O) groups excluding carboxylic acids is 2. The van der Waals surface area contributed by atoms with Gasteiger partial charge in [-0.15, -0.1) is 0 Å². The molecule has 1 heterocycles. The third-order valence-electron chi connectivity index (χ3n) is 3.19. The lowest BCUT2D eigenvalue weighted by molar-refractivity contribution is -0.118. The average molecular weight is 336 g/mol. The van der Waals surface area contributed by atoms with Gasteiger partial charge in [-0.25, -0.2) is 4.39 Å². The number of hydrogen-bond acceptors (Lipinski definition) is 4. The average Bonchev–Trinajstić information content (AvgIpc) is 2.53. The van der Waals surface area contributed by atoms with Crippen molar-refractivity contribution >= 4 is 29.0 Å². The molecule has 0 bridgehead atoms. The highest BCUT2D eigenvalue weighted by atomic mass is 35.5. The van der Waals surface area contributed by atoms with E-state index in [1.54, 1.807) is 12.1 Å². The maximum absolute atomic E-state index is 13.0. The van der Waals surface area contributed by atoms with E-state index in [9.17, 15) is 14.0 Å². The summed E-state index contributed by atoms with van der Waals surface area (Å²) in [6.45, 7) is -0.314. The van der Waals surface area contributed by atoms with Gasteiger partial charge in [0.25, 0.3) is 5.91 Å². The lowest BCUT2D eigenvalue weighted by atomic mass is 10.1. The fourth-order valence-electron chi connectivity index (χ4n) is 2.08. The quantitative estimate of drug-likeness (QED) is 0.872. The summed E-state index contributed by atoms with van der Waals surface area (Å²) >= 11 is 5.83. The molecule has 0 saturated heterocycles. The van der Waals surface area contributed by atoms with Gasteiger partial charge in [0.2, 0.25) is 0 Å². The predicted octanol–water partition coefficient (Wildman–Crippen LogP) is 3.07. The van der Waals surface area contributed by atoms with Crippen LogP contribution in [0.15, 0.2) is 36.4 Å². The lowest BCUT2D eigenvalue weighted by Crippen LogP contribution is -2.25. The molecule has 0 saturated carbocycles. The summed E-state index contributed by atoms with van der Waals surface area (Å²) in [6, 6.07) is 8.35. The number of Topliss-reactive ketones (excluding diaryl/α,β-unsaturated/α-hetero) is 1.